The largest absolute Gasteiger partial charge is 0.424 e. The van der Waals surface area contributed by atoms with E-state index in [2.05, 4.69) is 10.2 Å². The van der Waals surface area contributed by atoms with Gasteiger partial charge in [-0.1, -0.05) is 0 Å². The summed E-state index contributed by atoms with van der Waals surface area (Å²) in [5, 5.41) is 19.2. The lowest BCUT2D eigenvalue weighted by atomic mass is 10.2. The fraction of sp³-hybridized carbons (Fsp3) is 0.167. The van der Waals surface area contributed by atoms with Gasteiger partial charge in [-0.3, -0.25) is 10.1 Å². The summed E-state index contributed by atoms with van der Waals surface area (Å²) in [5.74, 6) is 1.02. The molecule has 2 aromatic heterocycles. The molecule has 0 aliphatic heterocycles. The van der Waals surface area contributed by atoms with Crippen LogP contribution in [0.15, 0.2) is 34.9 Å². The second-order valence-corrected chi connectivity index (χ2v) is 4.16. The molecule has 0 fully saturated rings. The summed E-state index contributed by atoms with van der Waals surface area (Å²) in [6.45, 7) is 2.18. The molecule has 0 saturated heterocycles. The molecule has 19 heavy (non-hydrogen) atoms. The minimum atomic E-state index is -0.405. The number of aryl methyl sites for hydroxylation is 1. The summed E-state index contributed by atoms with van der Waals surface area (Å²) < 4.78 is 7.23. The van der Waals surface area contributed by atoms with E-state index < -0.39 is 4.92 Å². The number of hydrogen-bond donors (Lipinski definition) is 0. The standard InChI is InChI=1S/C12H10N4O3/c1-8-13-14-12(19-8)7-15-5-4-9-6-10(16(17)18)2-3-11(9)15/h2-6H,7H2,1H3. The van der Waals surface area contributed by atoms with Gasteiger partial charge in [-0.05, 0) is 12.1 Å². The van der Waals surface area contributed by atoms with Gasteiger partial charge in [0.25, 0.3) is 5.69 Å². The van der Waals surface area contributed by atoms with E-state index in [1.165, 1.54) is 6.07 Å². The minimum absolute atomic E-state index is 0.0823. The zero-order valence-corrected chi connectivity index (χ0v) is 10.1. The zero-order chi connectivity index (χ0) is 13.4. The van der Waals surface area contributed by atoms with Crippen molar-refractivity contribution in [2.24, 2.45) is 0 Å². The van der Waals surface area contributed by atoms with Gasteiger partial charge >= 0.3 is 0 Å². The van der Waals surface area contributed by atoms with E-state index in [0.717, 1.165) is 10.9 Å². The maximum atomic E-state index is 10.7. The first-order valence-electron chi connectivity index (χ1n) is 5.66. The van der Waals surface area contributed by atoms with Gasteiger partial charge in [-0.25, -0.2) is 0 Å². The topological polar surface area (TPSA) is 87.0 Å². The van der Waals surface area contributed by atoms with Crippen molar-refractivity contribution in [1.29, 1.82) is 0 Å². The summed E-state index contributed by atoms with van der Waals surface area (Å²) >= 11 is 0. The van der Waals surface area contributed by atoms with Gasteiger partial charge in [0.2, 0.25) is 11.8 Å². The molecule has 3 rings (SSSR count). The predicted molar refractivity (Wildman–Crippen MR) is 66.7 cm³/mol. The summed E-state index contributed by atoms with van der Waals surface area (Å²) in [7, 11) is 0. The smallest absolute Gasteiger partial charge is 0.270 e. The number of hydrogen-bond acceptors (Lipinski definition) is 5. The van der Waals surface area contributed by atoms with Crippen LogP contribution in [0.3, 0.4) is 0 Å². The van der Waals surface area contributed by atoms with Crippen molar-refractivity contribution in [2.45, 2.75) is 13.5 Å². The number of nitrogens with zero attached hydrogens (tertiary/aromatic N) is 4. The van der Waals surface area contributed by atoms with E-state index in [1.54, 1.807) is 19.1 Å². The third-order valence-electron chi connectivity index (χ3n) is 2.84. The van der Waals surface area contributed by atoms with Gasteiger partial charge < -0.3 is 8.98 Å². The molecule has 1 aromatic carbocycles. The molecular weight excluding hydrogens is 248 g/mol. The number of nitro groups is 1. The van der Waals surface area contributed by atoms with E-state index in [1.807, 2.05) is 16.8 Å². The molecule has 0 bridgehead atoms. The Hall–Kier alpha value is -2.70. The average molecular weight is 258 g/mol. The predicted octanol–water partition coefficient (Wildman–Crippen LogP) is 2.29. The summed E-state index contributed by atoms with van der Waals surface area (Å²) in [4.78, 5) is 10.3. The van der Waals surface area contributed by atoms with Crippen molar-refractivity contribution in [1.82, 2.24) is 14.8 Å². The Morgan fingerprint density at radius 3 is 2.89 bits per heavy atom. The maximum Gasteiger partial charge on any atom is 0.270 e. The van der Waals surface area contributed by atoms with Crippen molar-refractivity contribution >= 4 is 16.6 Å². The van der Waals surface area contributed by atoms with Crippen LogP contribution in [0.5, 0.6) is 0 Å². The van der Waals surface area contributed by atoms with Crippen molar-refractivity contribution < 1.29 is 9.34 Å². The molecule has 0 unspecified atom stereocenters. The molecule has 0 atom stereocenters. The molecule has 0 aliphatic carbocycles. The Kier molecular flexibility index (Phi) is 2.52. The van der Waals surface area contributed by atoms with Crippen molar-refractivity contribution in [2.75, 3.05) is 0 Å². The highest BCUT2D eigenvalue weighted by Gasteiger charge is 2.10. The van der Waals surface area contributed by atoms with E-state index in [-0.39, 0.29) is 5.69 Å². The molecule has 0 saturated carbocycles. The maximum absolute atomic E-state index is 10.7. The summed E-state index contributed by atoms with van der Waals surface area (Å²) in [6.07, 6.45) is 1.84. The highest BCUT2D eigenvalue weighted by molar-refractivity contribution is 5.82. The molecule has 7 nitrogen and oxygen atoms in total. The lowest BCUT2D eigenvalue weighted by Crippen LogP contribution is -1.98. The highest BCUT2D eigenvalue weighted by atomic mass is 16.6. The number of non-ortho nitro benzene ring substituents is 1. The van der Waals surface area contributed by atoms with Crippen LogP contribution in [-0.2, 0) is 6.54 Å². The second kappa shape index (κ2) is 4.20. The number of rotatable bonds is 3. The van der Waals surface area contributed by atoms with Crippen molar-refractivity contribution in [3.63, 3.8) is 0 Å². The van der Waals surface area contributed by atoms with Gasteiger partial charge in [0.05, 0.1) is 4.92 Å². The third-order valence-corrected chi connectivity index (χ3v) is 2.84. The Bertz CT molecular complexity index is 759. The van der Waals surface area contributed by atoms with Crippen LogP contribution in [0.25, 0.3) is 10.9 Å². The zero-order valence-electron chi connectivity index (χ0n) is 10.1. The number of nitro benzene ring substituents is 1. The van der Waals surface area contributed by atoms with E-state index in [9.17, 15) is 10.1 Å². The van der Waals surface area contributed by atoms with Gasteiger partial charge in [-0.15, -0.1) is 10.2 Å². The molecule has 0 aliphatic rings. The highest BCUT2D eigenvalue weighted by Crippen LogP contribution is 2.22. The molecular formula is C12H10N4O3. The fourth-order valence-corrected chi connectivity index (χ4v) is 1.99. The van der Waals surface area contributed by atoms with Crippen LogP contribution in [0.1, 0.15) is 11.8 Å². The van der Waals surface area contributed by atoms with Gasteiger partial charge in [0.1, 0.15) is 6.54 Å². The first-order chi connectivity index (χ1) is 9.13. The van der Waals surface area contributed by atoms with Gasteiger partial charge in [-0.2, -0.15) is 0 Å². The molecule has 0 spiro atoms. The first kappa shape index (κ1) is 11.4. The van der Waals surface area contributed by atoms with Crippen molar-refractivity contribution in [3.8, 4) is 0 Å². The molecule has 0 radical (unpaired) electrons. The van der Waals surface area contributed by atoms with Crippen LogP contribution in [0.4, 0.5) is 5.69 Å². The van der Waals surface area contributed by atoms with E-state index in [4.69, 9.17) is 4.42 Å². The van der Waals surface area contributed by atoms with Crippen LogP contribution in [0.2, 0.25) is 0 Å². The number of benzene rings is 1. The summed E-state index contributed by atoms with van der Waals surface area (Å²) in [5.41, 5.74) is 0.973. The Morgan fingerprint density at radius 2 is 2.21 bits per heavy atom. The molecule has 0 amide bonds. The monoisotopic (exact) mass is 258 g/mol. The van der Waals surface area contributed by atoms with Crippen LogP contribution in [-0.4, -0.2) is 19.7 Å². The molecule has 2 heterocycles. The van der Waals surface area contributed by atoms with Crippen LogP contribution < -0.4 is 0 Å². The second-order valence-electron chi connectivity index (χ2n) is 4.16. The number of fused-ring (bicyclic) bond motifs is 1. The minimum Gasteiger partial charge on any atom is -0.424 e. The van der Waals surface area contributed by atoms with E-state index >= 15 is 0 Å². The quantitative estimate of drug-likeness (QED) is 0.531. The molecule has 0 N–H and O–H groups in total. The molecule has 96 valence electrons. The Balaban J connectivity index is 1.99. The molecule has 3 aromatic rings. The first-order valence-corrected chi connectivity index (χ1v) is 5.66. The van der Waals surface area contributed by atoms with E-state index in [0.29, 0.717) is 18.3 Å². The molecule has 7 heteroatoms. The Morgan fingerprint density at radius 1 is 1.37 bits per heavy atom. The lowest BCUT2D eigenvalue weighted by Gasteiger charge is -2.01. The normalized spacial score (nSPS) is 11.0. The van der Waals surface area contributed by atoms with Crippen LogP contribution in [0, 0.1) is 17.0 Å². The van der Waals surface area contributed by atoms with Crippen LogP contribution >= 0.6 is 0 Å². The van der Waals surface area contributed by atoms with Gasteiger partial charge in [0, 0.05) is 36.2 Å². The lowest BCUT2D eigenvalue weighted by molar-refractivity contribution is -0.384. The number of aromatic nitrogens is 3. The fourth-order valence-electron chi connectivity index (χ4n) is 1.99. The Labute approximate surface area is 107 Å². The summed E-state index contributed by atoms with van der Waals surface area (Å²) in [6, 6.07) is 6.57. The SMILES string of the molecule is Cc1nnc(Cn2ccc3cc([N+](=O)[O-])ccc32)o1. The third kappa shape index (κ3) is 2.05. The van der Waals surface area contributed by atoms with Gasteiger partial charge in [0.15, 0.2) is 0 Å². The van der Waals surface area contributed by atoms with Crippen molar-refractivity contribution in [3.05, 3.63) is 52.4 Å². The average Bonchev–Trinajstić information content (AvgIpc) is 2.96.